The van der Waals surface area contributed by atoms with Crippen LogP contribution in [0.5, 0.6) is 5.75 Å². The van der Waals surface area contributed by atoms with E-state index in [1.807, 2.05) is 30.3 Å². The zero-order chi connectivity index (χ0) is 12.1. The number of pyridine rings is 1. The maximum atomic E-state index is 11.1. The number of hydrogen-bond donors (Lipinski definition) is 1. The number of ether oxygens (including phenoxy) is 1. The molecule has 0 unspecified atom stereocenters. The molecule has 0 aliphatic rings. The highest BCUT2D eigenvalue weighted by atomic mass is 16.5. The van der Waals surface area contributed by atoms with E-state index in [4.69, 9.17) is 10.5 Å². The van der Waals surface area contributed by atoms with Crippen LogP contribution >= 0.6 is 0 Å². The number of carbonyl (C=O) groups excluding carboxylic acids is 1. The largest absolute Gasteiger partial charge is 0.488 e. The number of amides is 1. The molecule has 2 N–H and O–H groups in total. The second-order valence-corrected chi connectivity index (χ2v) is 3.51. The smallest absolute Gasteiger partial charge is 0.254 e. The number of rotatable bonds is 4. The van der Waals surface area contributed by atoms with Crippen molar-refractivity contribution in [1.82, 2.24) is 4.98 Å². The van der Waals surface area contributed by atoms with Gasteiger partial charge in [0.1, 0.15) is 12.4 Å². The predicted molar refractivity (Wildman–Crippen MR) is 63.5 cm³/mol. The van der Waals surface area contributed by atoms with E-state index >= 15 is 0 Å². The van der Waals surface area contributed by atoms with E-state index in [-0.39, 0.29) is 0 Å². The van der Waals surface area contributed by atoms with Crippen LogP contribution in [0.4, 0.5) is 0 Å². The summed E-state index contributed by atoms with van der Waals surface area (Å²) < 4.78 is 5.54. The van der Waals surface area contributed by atoms with Gasteiger partial charge in [0.15, 0.2) is 0 Å². The molecule has 1 aromatic carbocycles. The zero-order valence-corrected chi connectivity index (χ0v) is 9.17. The molecule has 0 bridgehead atoms. The standard InChI is InChI=1S/C13H12N2O2/c14-13(16)11-8-15-7-6-12(11)17-9-10-4-2-1-3-5-10/h1-8H,9H2,(H2,14,16). The lowest BCUT2D eigenvalue weighted by atomic mass is 10.2. The van der Waals surface area contributed by atoms with Gasteiger partial charge < -0.3 is 10.5 Å². The van der Waals surface area contributed by atoms with Gasteiger partial charge in [-0.1, -0.05) is 30.3 Å². The summed E-state index contributed by atoms with van der Waals surface area (Å²) in [5, 5.41) is 0. The van der Waals surface area contributed by atoms with Crippen LogP contribution in [-0.2, 0) is 6.61 Å². The molecule has 1 amide bonds. The molecule has 0 radical (unpaired) electrons. The molecule has 0 atom stereocenters. The average Bonchev–Trinajstić information content (AvgIpc) is 2.38. The van der Waals surface area contributed by atoms with E-state index in [1.165, 1.54) is 6.20 Å². The second-order valence-electron chi connectivity index (χ2n) is 3.51. The van der Waals surface area contributed by atoms with Gasteiger partial charge in [0.25, 0.3) is 5.91 Å². The minimum Gasteiger partial charge on any atom is -0.488 e. The molecule has 86 valence electrons. The first-order chi connectivity index (χ1) is 8.27. The van der Waals surface area contributed by atoms with E-state index < -0.39 is 5.91 Å². The van der Waals surface area contributed by atoms with Gasteiger partial charge >= 0.3 is 0 Å². The lowest BCUT2D eigenvalue weighted by molar-refractivity contribution is 0.0995. The molecule has 0 aliphatic carbocycles. The van der Waals surface area contributed by atoms with Gasteiger partial charge in [-0.25, -0.2) is 0 Å². The lowest BCUT2D eigenvalue weighted by Crippen LogP contribution is -2.13. The zero-order valence-electron chi connectivity index (χ0n) is 9.17. The van der Waals surface area contributed by atoms with Gasteiger partial charge in [-0.2, -0.15) is 0 Å². The van der Waals surface area contributed by atoms with Gasteiger partial charge in [-0.3, -0.25) is 9.78 Å². The molecule has 4 heteroatoms. The molecule has 0 spiro atoms. The van der Waals surface area contributed by atoms with Crippen LogP contribution in [0.25, 0.3) is 0 Å². The Kier molecular flexibility index (Phi) is 3.35. The van der Waals surface area contributed by atoms with E-state index in [0.29, 0.717) is 17.9 Å². The average molecular weight is 228 g/mol. The molecule has 17 heavy (non-hydrogen) atoms. The molecular formula is C13H12N2O2. The van der Waals surface area contributed by atoms with Crippen molar-refractivity contribution in [3.63, 3.8) is 0 Å². The summed E-state index contributed by atoms with van der Waals surface area (Å²) in [6, 6.07) is 11.3. The monoisotopic (exact) mass is 228 g/mol. The first kappa shape index (κ1) is 11.1. The number of carbonyl (C=O) groups is 1. The Morgan fingerprint density at radius 2 is 2.00 bits per heavy atom. The minimum absolute atomic E-state index is 0.295. The topological polar surface area (TPSA) is 65.2 Å². The fourth-order valence-corrected chi connectivity index (χ4v) is 1.43. The van der Waals surface area contributed by atoms with Crippen molar-refractivity contribution in [3.05, 3.63) is 59.9 Å². The van der Waals surface area contributed by atoms with Gasteiger partial charge in [0, 0.05) is 12.4 Å². The summed E-state index contributed by atoms with van der Waals surface area (Å²) in [7, 11) is 0. The Morgan fingerprint density at radius 1 is 1.24 bits per heavy atom. The minimum atomic E-state index is -0.541. The highest BCUT2D eigenvalue weighted by molar-refractivity contribution is 5.95. The Morgan fingerprint density at radius 3 is 2.71 bits per heavy atom. The summed E-state index contributed by atoms with van der Waals surface area (Å²) in [6.45, 7) is 0.394. The summed E-state index contributed by atoms with van der Waals surface area (Å²) in [5.74, 6) is -0.0856. The fraction of sp³-hybridized carbons (Fsp3) is 0.0769. The third-order valence-electron chi connectivity index (χ3n) is 2.28. The van der Waals surface area contributed by atoms with Crippen molar-refractivity contribution in [2.45, 2.75) is 6.61 Å². The molecule has 2 rings (SSSR count). The molecule has 1 heterocycles. The van der Waals surface area contributed by atoms with Crippen molar-refractivity contribution in [2.24, 2.45) is 5.73 Å². The molecule has 4 nitrogen and oxygen atoms in total. The quantitative estimate of drug-likeness (QED) is 0.867. The molecular weight excluding hydrogens is 216 g/mol. The molecule has 0 saturated carbocycles. The van der Waals surface area contributed by atoms with E-state index in [9.17, 15) is 4.79 Å². The van der Waals surface area contributed by atoms with Crippen molar-refractivity contribution in [3.8, 4) is 5.75 Å². The second kappa shape index (κ2) is 5.12. The number of hydrogen-bond acceptors (Lipinski definition) is 3. The number of aromatic nitrogens is 1. The third kappa shape index (κ3) is 2.81. The predicted octanol–water partition coefficient (Wildman–Crippen LogP) is 1.76. The van der Waals surface area contributed by atoms with Gasteiger partial charge in [-0.15, -0.1) is 0 Å². The summed E-state index contributed by atoms with van der Waals surface area (Å²) >= 11 is 0. The van der Waals surface area contributed by atoms with E-state index in [0.717, 1.165) is 5.56 Å². The lowest BCUT2D eigenvalue weighted by Gasteiger charge is -2.08. The van der Waals surface area contributed by atoms with Crippen molar-refractivity contribution in [2.75, 3.05) is 0 Å². The SMILES string of the molecule is NC(=O)c1cnccc1OCc1ccccc1. The van der Waals surface area contributed by atoms with Crippen LogP contribution in [0.3, 0.4) is 0 Å². The molecule has 0 fully saturated rings. The first-order valence-corrected chi connectivity index (χ1v) is 5.18. The van der Waals surface area contributed by atoms with Crippen molar-refractivity contribution >= 4 is 5.91 Å². The number of nitrogens with zero attached hydrogens (tertiary/aromatic N) is 1. The van der Waals surface area contributed by atoms with Crippen LogP contribution in [0, 0.1) is 0 Å². The normalized spacial score (nSPS) is 9.88. The number of nitrogens with two attached hydrogens (primary N) is 1. The van der Waals surface area contributed by atoms with Crippen LogP contribution in [0.15, 0.2) is 48.8 Å². The van der Waals surface area contributed by atoms with Crippen molar-refractivity contribution in [1.29, 1.82) is 0 Å². The highest BCUT2D eigenvalue weighted by Gasteiger charge is 2.08. The maximum Gasteiger partial charge on any atom is 0.254 e. The van der Waals surface area contributed by atoms with Crippen LogP contribution in [0.2, 0.25) is 0 Å². The molecule has 2 aromatic rings. The van der Waals surface area contributed by atoms with Crippen molar-refractivity contribution < 1.29 is 9.53 Å². The van der Waals surface area contributed by atoms with E-state index in [2.05, 4.69) is 4.98 Å². The van der Waals surface area contributed by atoms with Gasteiger partial charge in [0.05, 0.1) is 5.56 Å². The fourth-order valence-electron chi connectivity index (χ4n) is 1.43. The number of primary amides is 1. The Balaban J connectivity index is 2.12. The van der Waals surface area contributed by atoms with Gasteiger partial charge in [0.2, 0.25) is 0 Å². The first-order valence-electron chi connectivity index (χ1n) is 5.18. The van der Waals surface area contributed by atoms with Crippen LogP contribution in [0.1, 0.15) is 15.9 Å². The van der Waals surface area contributed by atoms with E-state index in [1.54, 1.807) is 12.3 Å². The highest BCUT2D eigenvalue weighted by Crippen LogP contribution is 2.17. The molecule has 0 saturated heterocycles. The summed E-state index contributed by atoms with van der Waals surface area (Å²) in [4.78, 5) is 15.0. The number of benzene rings is 1. The van der Waals surface area contributed by atoms with Gasteiger partial charge in [-0.05, 0) is 11.6 Å². The molecule has 0 aliphatic heterocycles. The third-order valence-corrected chi connectivity index (χ3v) is 2.28. The maximum absolute atomic E-state index is 11.1. The summed E-state index contributed by atoms with van der Waals surface area (Å²) in [6.07, 6.45) is 2.97. The Labute approximate surface area is 99.1 Å². The van der Waals surface area contributed by atoms with Crippen LogP contribution < -0.4 is 10.5 Å². The van der Waals surface area contributed by atoms with Crippen LogP contribution in [-0.4, -0.2) is 10.9 Å². The summed E-state index contributed by atoms with van der Waals surface area (Å²) in [5.41, 5.74) is 6.55. The molecule has 1 aromatic heterocycles. The Hall–Kier alpha value is -2.36. The Bertz CT molecular complexity index is 512.